The van der Waals surface area contributed by atoms with E-state index in [9.17, 15) is 4.79 Å². The largest absolute Gasteiger partial charge is 0.300 e. The molecular formula is C23H28N2O. The van der Waals surface area contributed by atoms with E-state index < -0.39 is 0 Å². The van der Waals surface area contributed by atoms with Gasteiger partial charge >= 0.3 is 0 Å². The van der Waals surface area contributed by atoms with Crippen molar-refractivity contribution in [1.82, 2.24) is 5.01 Å². The van der Waals surface area contributed by atoms with E-state index in [2.05, 4.69) is 53.5 Å². The fraction of sp³-hybridized carbons (Fsp3) is 0.391. The Morgan fingerprint density at radius 1 is 0.923 bits per heavy atom. The van der Waals surface area contributed by atoms with E-state index in [1.54, 1.807) is 6.92 Å². The number of hydrogen-bond donors (Lipinski definition) is 0. The van der Waals surface area contributed by atoms with Gasteiger partial charge in [0.1, 0.15) is 5.78 Å². The van der Waals surface area contributed by atoms with E-state index in [4.69, 9.17) is 5.10 Å². The van der Waals surface area contributed by atoms with Gasteiger partial charge in [-0.2, -0.15) is 5.10 Å². The molecule has 1 aliphatic carbocycles. The van der Waals surface area contributed by atoms with E-state index in [-0.39, 0.29) is 0 Å². The quantitative estimate of drug-likeness (QED) is 0.643. The Kier molecular flexibility index (Phi) is 6.59. The van der Waals surface area contributed by atoms with E-state index in [0.29, 0.717) is 11.7 Å². The summed E-state index contributed by atoms with van der Waals surface area (Å²) in [5, 5.41) is 7.19. The highest BCUT2D eigenvalue weighted by atomic mass is 16.1. The van der Waals surface area contributed by atoms with Gasteiger partial charge < -0.3 is 4.79 Å². The van der Waals surface area contributed by atoms with Crippen molar-refractivity contribution in [3.8, 4) is 0 Å². The van der Waals surface area contributed by atoms with Gasteiger partial charge in [-0.1, -0.05) is 60.7 Å². The lowest BCUT2D eigenvalue weighted by Crippen LogP contribution is -2.22. The van der Waals surface area contributed by atoms with E-state index >= 15 is 0 Å². The Morgan fingerprint density at radius 2 is 1.42 bits per heavy atom. The van der Waals surface area contributed by atoms with Gasteiger partial charge in [0.15, 0.2) is 0 Å². The first-order valence-corrected chi connectivity index (χ1v) is 9.57. The Labute approximate surface area is 156 Å². The first kappa shape index (κ1) is 18.4. The predicted octanol–water partition coefficient (Wildman–Crippen LogP) is 5.21. The molecule has 0 bridgehead atoms. The molecule has 2 aromatic rings. The summed E-state index contributed by atoms with van der Waals surface area (Å²) in [4.78, 5) is 11.3. The van der Waals surface area contributed by atoms with Crippen LogP contribution in [0.3, 0.4) is 0 Å². The van der Waals surface area contributed by atoms with Crippen LogP contribution >= 0.6 is 0 Å². The van der Waals surface area contributed by atoms with Crippen LogP contribution in [0.5, 0.6) is 0 Å². The van der Waals surface area contributed by atoms with Crippen LogP contribution in [-0.4, -0.2) is 16.5 Å². The molecule has 1 aliphatic rings. The average Bonchev–Trinajstić information content (AvgIpc) is 2.64. The molecule has 0 aromatic heterocycles. The Hall–Kier alpha value is -2.42. The van der Waals surface area contributed by atoms with Gasteiger partial charge in [0, 0.05) is 12.1 Å². The average molecular weight is 348 g/mol. The molecule has 0 amide bonds. The van der Waals surface area contributed by atoms with Crippen molar-refractivity contribution >= 4 is 11.5 Å². The van der Waals surface area contributed by atoms with E-state index in [1.165, 1.54) is 16.8 Å². The standard InChI is InChI=1S/C23H28N2O/c1-19(26)16-20-12-14-23(15-13-20)24-25(17-21-8-4-2-5-9-21)18-22-10-6-3-7-11-22/h2-11,20H,12-18H2,1H3. The van der Waals surface area contributed by atoms with Crippen molar-refractivity contribution in [3.63, 3.8) is 0 Å². The molecule has 0 N–H and O–H groups in total. The lowest BCUT2D eigenvalue weighted by molar-refractivity contribution is -0.118. The van der Waals surface area contributed by atoms with Gasteiger partial charge in [-0.3, -0.25) is 5.01 Å². The van der Waals surface area contributed by atoms with Crippen LogP contribution in [0.4, 0.5) is 0 Å². The fourth-order valence-electron chi connectivity index (χ4n) is 3.64. The number of hydrogen-bond acceptors (Lipinski definition) is 3. The zero-order valence-corrected chi connectivity index (χ0v) is 15.6. The van der Waals surface area contributed by atoms with Crippen molar-refractivity contribution in [2.75, 3.05) is 0 Å². The van der Waals surface area contributed by atoms with Gasteiger partial charge in [-0.05, 0) is 49.7 Å². The number of hydrazone groups is 1. The number of rotatable bonds is 7. The molecular weight excluding hydrogens is 320 g/mol. The number of benzene rings is 2. The third-order valence-corrected chi connectivity index (χ3v) is 4.96. The van der Waals surface area contributed by atoms with Crippen molar-refractivity contribution in [2.24, 2.45) is 11.0 Å². The highest BCUT2D eigenvalue weighted by Gasteiger charge is 2.19. The topological polar surface area (TPSA) is 32.7 Å². The number of carbonyl (C=O) groups is 1. The number of nitrogens with zero attached hydrogens (tertiary/aromatic N) is 2. The Morgan fingerprint density at radius 3 is 1.88 bits per heavy atom. The lowest BCUT2D eigenvalue weighted by atomic mass is 9.85. The van der Waals surface area contributed by atoms with Crippen LogP contribution in [0.25, 0.3) is 0 Å². The molecule has 3 rings (SSSR count). The number of ketones is 1. The molecule has 3 nitrogen and oxygen atoms in total. The van der Waals surface area contributed by atoms with E-state index in [1.807, 2.05) is 12.1 Å². The summed E-state index contributed by atoms with van der Waals surface area (Å²) in [5.41, 5.74) is 3.83. The normalized spacial score (nSPS) is 17.0. The predicted molar refractivity (Wildman–Crippen MR) is 107 cm³/mol. The monoisotopic (exact) mass is 348 g/mol. The molecule has 0 aliphatic heterocycles. The van der Waals surface area contributed by atoms with Crippen LogP contribution in [0.1, 0.15) is 50.2 Å². The number of carbonyl (C=O) groups excluding carboxylic acids is 1. The zero-order chi connectivity index (χ0) is 18.2. The first-order valence-electron chi connectivity index (χ1n) is 9.57. The molecule has 2 aromatic carbocycles. The molecule has 1 fully saturated rings. The van der Waals surface area contributed by atoms with Crippen molar-refractivity contribution in [3.05, 3.63) is 71.8 Å². The maximum Gasteiger partial charge on any atom is 0.130 e. The van der Waals surface area contributed by atoms with Gasteiger partial charge in [0.05, 0.1) is 13.1 Å². The summed E-state index contributed by atoms with van der Waals surface area (Å²) < 4.78 is 0. The second kappa shape index (κ2) is 9.33. The van der Waals surface area contributed by atoms with Crippen molar-refractivity contribution in [2.45, 2.75) is 52.1 Å². The minimum atomic E-state index is 0.310. The second-order valence-electron chi connectivity index (χ2n) is 7.31. The smallest absolute Gasteiger partial charge is 0.130 e. The van der Waals surface area contributed by atoms with Gasteiger partial charge in [-0.25, -0.2) is 0 Å². The molecule has 0 atom stereocenters. The van der Waals surface area contributed by atoms with Crippen LogP contribution in [0, 0.1) is 5.92 Å². The Balaban J connectivity index is 1.68. The molecule has 0 radical (unpaired) electrons. The highest BCUT2D eigenvalue weighted by molar-refractivity contribution is 5.85. The summed E-state index contributed by atoms with van der Waals surface area (Å²) in [5.74, 6) is 0.855. The molecule has 26 heavy (non-hydrogen) atoms. The minimum absolute atomic E-state index is 0.310. The molecule has 0 unspecified atom stereocenters. The van der Waals surface area contributed by atoms with Crippen LogP contribution in [0.2, 0.25) is 0 Å². The molecule has 3 heteroatoms. The van der Waals surface area contributed by atoms with Gasteiger partial charge in [-0.15, -0.1) is 0 Å². The molecule has 0 saturated heterocycles. The van der Waals surface area contributed by atoms with Crippen LogP contribution in [0.15, 0.2) is 65.8 Å². The summed E-state index contributed by atoms with van der Waals surface area (Å²) in [6.07, 6.45) is 4.92. The second-order valence-corrected chi connectivity index (χ2v) is 7.31. The maximum atomic E-state index is 11.3. The molecule has 136 valence electrons. The summed E-state index contributed by atoms with van der Waals surface area (Å²) in [7, 11) is 0. The maximum absolute atomic E-state index is 11.3. The summed E-state index contributed by atoms with van der Waals surface area (Å²) in [6, 6.07) is 21.0. The SMILES string of the molecule is CC(=O)CC1CCC(=NN(Cc2ccccc2)Cc2ccccc2)CC1. The van der Waals surface area contributed by atoms with Gasteiger partial charge in [0.25, 0.3) is 0 Å². The van der Waals surface area contributed by atoms with Crippen molar-refractivity contribution < 1.29 is 4.79 Å². The zero-order valence-electron chi connectivity index (χ0n) is 15.6. The summed E-state index contributed by atoms with van der Waals surface area (Å²) in [6.45, 7) is 3.33. The van der Waals surface area contributed by atoms with Crippen LogP contribution < -0.4 is 0 Å². The Bertz CT molecular complexity index is 673. The molecule has 0 heterocycles. The number of Topliss-reactive ketones (excluding diaryl/α,β-unsaturated/α-hetero) is 1. The van der Waals surface area contributed by atoms with Gasteiger partial charge in [0.2, 0.25) is 0 Å². The minimum Gasteiger partial charge on any atom is -0.300 e. The van der Waals surface area contributed by atoms with Crippen molar-refractivity contribution in [1.29, 1.82) is 0 Å². The lowest BCUT2D eigenvalue weighted by Gasteiger charge is -2.26. The third kappa shape index (κ3) is 5.83. The van der Waals surface area contributed by atoms with E-state index in [0.717, 1.165) is 45.2 Å². The summed E-state index contributed by atoms with van der Waals surface area (Å²) >= 11 is 0. The fourth-order valence-corrected chi connectivity index (χ4v) is 3.64. The first-order chi connectivity index (χ1) is 12.7. The molecule has 1 saturated carbocycles. The molecule has 0 spiro atoms. The van der Waals surface area contributed by atoms with Crippen LogP contribution in [-0.2, 0) is 17.9 Å². The highest BCUT2D eigenvalue weighted by Crippen LogP contribution is 2.26. The third-order valence-electron chi connectivity index (χ3n) is 4.96.